The van der Waals surface area contributed by atoms with Crippen molar-refractivity contribution in [2.24, 2.45) is 18.2 Å². The fraction of sp³-hybridized carbons (Fsp3) is 0.348. The first-order valence-electron chi connectivity index (χ1n) is 9.85. The molecule has 2 heterocycles. The normalized spacial score (nSPS) is 21.0. The molecule has 0 spiro atoms. The molecule has 154 valence electrons. The third kappa shape index (κ3) is 3.01. The summed E-state index contributed by atoms with van der Waals surface area (Å²) in [6.45, 7) is 6.08. The average molecular weight is 422 g/mol. The minimum absolute atomic E-state index is 0.0341. The van der Waals surface area contributed by atoms with Crippen molar-refractivity contribution in [2.75, 3.05) is 4.90 Å². The number of para-hydroxylation sites is 1. The van der Waals surface area contributed by atoms with E-state index in [-0.39, 0.29) is 11.2 Å². The summed E-state index contributed by atoms with van der Waals surface area (Å²) in [7, 11) is 1.85. The Bertz CT molecular complexity index is 1160. The number of aromatic nitrogens is 2. The molecule has 7 heteroatoms. The van der Waals surface area contributed by atoms with Gasteiger partial charge in [-0.1, -0.05) is 37.6 Å². The van der Waals surface area contributed by atoms with E-state index in [0.29, 0.717) is 40.5 Å². The second-order valence-corrected chi connectivity index (χ2v) is 9.15. The Morgan fingerprint density at radius 2 is 2.00 bits per heavy atom. The van der Waals surface area contributed by atoms with Gasteiger partial charge in [0.05, 0.1) is 34.5 Å². The first kappa shape index (κ1) is 20.2. The second kappa shape index (κ2) is 7.03. The van der Waals surface area contributed by atoms with Gasteiger partial charge in [-0.2, -0.15) is 10.4 Å². The zero-order valence-electron chi connectivity index (χ0n) is 17.5. The SMILES string of the molecule is Cc1c([C@H]2C(C#N)=C(N)N(c3ccccc3Cl)C3=C2C(=O)CC(C)(C)C3)cnn1C. The van der Waals surface area contributed by atoms with Gasteiger partial charge in [0, 0.05) is 36.0 Å². The highest BCUT2D eigenvalue weighted by Crippen LogP contribution is 2.51. The van der Waals surface area contributed by atoms with Crippen molar-refractivity contribution < 1.29 is 4.79 Å². The fourth-order valence-electron chi connectivity index (χ4n) is 4.53. The molecule has 0 bridgehead atoms. The van der Waals surface area contributed by atoms with E-state index < -0.39 is 5.92 Å². The predicted molar refractivity (Wildman–Crippen MR) is 116 cm³/mol. The van der Waals surface area contributed by atoms with Gasteiger partial charge in [-0.25, -0.2) is 0 Å². The molecule has 1 atom stereocenters. The van der Waals surface area contributed by atoms with E-state index in [0.717, 1.165) is 17.0 Å². The Morgan fingerprint density at radius 1 is 1.30 bits per heavy atom. The number of ketones is 1. The van der Waals surface area contributed by atoms with Crippen molar-refractivity contribution in [3.05, 3.63) is 69.4 Å². The molecule has 0 saturated carbocycles. The standard InChI is InChI=1S/C23H24ClN5O/c1-13-15(12-27-28(13)4)20-14(11-25)22(26)29(17-8-6-5-7-16(17)24)18-9-23(2,3)10-19(30)21(18)20/h5-8,12,20H,9-10,26H2,1-4H3/t20-/m1/s1. The van der Waals surface area contributed by atoms with E-state index in [9.17, 15) is 10.1 Å². The number of rotatable bonds is 2. The largest absolute Gasteiger partial charge is 0.384 e. The molecule has 0 unspecified atom stereocenters. The molecule has 6 nitrogen and oxygen atoms in total. The highest BCUT2D eigenvalue weighted by molar-refractivity contribution is 6.33. The van der Waals surface area contributed by atoms with E-state index in [1.807, 2.05) is 32.2 Å². The van der Waals surface area contributed by atoms with Crippen LogP contribution in [0.1, 0.15) is 43.9 Å². The van der Waals surface area contributed by atoms with Crippen LogP contribution in [0.5, 0.6) is 0 Å². The highest BCUT2D eigenvalue weighted by atomic mass is 35.5. The van der Waals surface area contributed by atoms with E-state index >= 15 is 0 Å². The van der Waals surface area contributed by atoms with Crippen molar-refractivity contribution in [3.8, 4) is 6.07 Å². The Morgan fingerprint density at radius 3 is 2.60 bits per heavy atom. The van der Waals surface area contributed by atoms with Gasteiger partial charge >= 0.3 is 0 Å². The van der Waals surface area contributed by atoms with Crippen LogP contribution in [0.15, 0.2) is 53.1 Å². The second-order valence-electron chi connectivity index (χ2n) is 8.74. The van der Waals surface area contributed by atoms with Crippen LogP contribution in [-0.4, -0.2) is 15.6 Å². The van der Waals surface area contributed by atoms with Crippen LogP contribution in [0.25, 0.3) is 0 Å². The number of benzene rings is 1. The number of allylic oxidation sites excluding steroid dienone is 3. The fourth-order valence-corrected chi connectivity index (χ4v) is 4.75. The average Bonchev–Trinajstić information content (AvgIpc) is 2.99. The molecule has 2 aliphatic rings. The maximum atomic E-state index is 13.5. The van der Waals surface area contributed by atoms with Crippen LogP contribution in [0.2, 0.25) is 5.02 Å². The lowest BCUT2D eigenvalue weighted by atomic mass is 9.68. The van der Waals surface area contributed by atoms with E-state index in [1.165, 1.54) is 0 Å². The van der Waals surface area contributed by atoms with E-state index in [1.54, 1.807) is 21.8 Å². The van der Waals surface area contributed by atoms with Crippen LogP contribution in [0, 0.1) is 23.7 Å². The van der Waals surface area contributed by atoms with Gasteiger partial charge in [-0.05, 0) is 30.9 Å². The monoisotopic (exact) mass is 421 g/mol. The summed E-state index contributed by atoms with van der Waals surface area (Å²) in [5.41, 5.74) is 10.6. The number of carbonyl (C=O) groups excluding carboxylic acids is 1. The Kier molecular flexibility index (Phi) is 4.74. The van der Waals surface area contributed by atoms with Crippen molar-refractivity contribution in [3.63, 3.8) is 0 Å². The van der Waals surface area contributed by atoms with Gasteiger partial charge in [0.1, 0.15) is 5.82 Å². The molecule has 1 aliphatic heterocycles. The minimum Gasteiger partial charge on any atom is -0.384 e. The molecule has 1 aliphatic carbocycles. The summed E-state index contributed by atoms with van der Waals surface area (Å²) in [6, 6.07) is 9.63. The molecule has 1 aromatic carbocycles. The third-order valence-electron chi connectivity index (χ3n) is 6.06. The van der Waals surface area contributed by atoms with Crippen LogP contribution in [0.4, 0.5) is 5.69 Å². The Hall–Kier alpha value is -3.04. The molecule has 0 fully saturated rings. The lowest BCUT2D eigenvalue weighted by Crippen LogP contribution is -2.42. The molecule has 0 saturated heterocycles. The summed E-state index contributed by atoms with van der Waals surface area (Å²) < 4.78 is 1.75. The molecular weight excluding hydrogens is 398 g/mol. The molecule has 0 radical (unpaired) electrons. The number of hydrogen-bond donors (Lipinski definition) is 1. The van der Waals surface area contributed by atoms with Gasteiger partial charge in [-0.15, -0.1) is 0 Å². The molecule has 1 aromatic heterocycles. The number of hydrogen-bond acceptors (Lipinski definition) is 5. The van der Waals surface area contributed by atoms with E-state index in [4.69, 9.17) is 17.3 Å². The van der Waals surface area contributed by atoms with Gasteiger partial charge in [0.2, 0.25) is 0 Å². The van der Waals surface area contributed by atoms with Gasteiger partial charge in [0.25, 0.3) is 0 Å². The van der Waals surface area contributed by atoms with Gasteiger partial charge in [0.15, 0.2) is 5.78 Å². The zero-order chi connectivity index (χ0) is 21.8. The molecule has 2 aromatic rings. The van der Waals surface area contributed by atoms with Crippen molar-refractivity contribution >= 4 is 23.1 Å². The number of carbonyl (C=O) groups is 1. The van der Waals surface area contributed by atoms with Crippen molar-refractivity contribution in [1.29, 1.82) is 5.26 Å². The summed E-state index contributed by atoms with van der Waals surface area (Å²) in [6.07, 6.45) is 2.79. The number of Topliss-reactive ketones (excluding diaryl/α,β-unsaturated/α-hetero) is 1. The summed E-state index contributed by atoms with van der Waals surface area (Å²) >= 11 is 6.51. The first-order valence-corrected chi connectivity index (χ1v) is 10.2. The van der Waals surface area contributed by atoms with Crippen LogP contribution in [-0.2, 0) is 11.8 Å². The van der Waals surface area contributed by atoms with Crippen molar-refractivity contribution in [1.82, 2.24) is 9.78 Å². The van der Waals surface area contributed by atoms with Crippen LogP contribution < -0.4 is 10.6 Å². The summed E-state index contributed by atoms with van der Waals surface area (Å²) in [5, 5.41) is 14.9. The minimum atomic E-state index is -0.527. The lowest BCUT2D eigenvalue weighted by molar-refractivity contribution is -0.118. The smallest absolute Gasteiger partial charge is 0.162 e. The summed E-state index contributed by atoms with van der Waals surface area (Å²) in [5.74, 6) is -0.184. The van der Waals surface area contributed by atoms with E-state index in [2.05, 4.69) is 25.0 Å². The van der Waals surface area contributed by atoms with Crippen LogP contribution >= 0.6 is 11.6 Å². The molecular formula is C23H24ClN5O. The number of nitrogens with zero attached hydrogens (tertiary/aromatic N) is 4. The third-order valence-corrected chi connectivity index (χ3v) is 6.38. The molecule has 30 heavy (non-hydrogen) atoms. The zero-order valence-corrected chi connectivity index (χ0v) is 18.3. The summed E-state index contributed by atoms with van der Waals surface area (Å²) in [4.78, 5) is 15.3. The molecule has 0 amide bonds. The number of nitrogens with two attached hydrogens (primary N) is 1. The molecule has 2 N–H and O–H groups in total. The Labute approximate surface area is 181 Å². The maximum absolute atomic E-state index is 13.5. The first-order chi connectivity index (χ1) is 14.2. The number of aryl methyl sites for hydroxylation is 1. The van der Waals surface area contributed by atoms with Gasteiger partial charge in [-0.3, -0.25) is 14.4 Å². The van der Waals surface area contributed by atoms with Gasteiger partial charge < -0.3 is 5.73 Å². The molecule has 4 rings (SSSR count). The number of halogens is 1. The maximum Gasteiger partial charge on any atom is 0.162 e. The predicted octanol–water partition coefficient (Wildman–Crippen LogP) is 4.32. The lowest BCUT2D eigenvalue weighted by Gasteiger charge is -2.43. The topological polar surface area (TPSA) is 87.9 Å². The number of nitriles is 1. The quantitative estimate of drug-likeness (QED) is 0.779. The Balaban J connectivity index is 2.04. The highest BCUT2D eigenvalue weighted by Gasteiger charge is 2.45. The van der Waals surface area contributed by atoms with Crippen molar-refractivity contribution in [2.45, 2.75) is 39.5 Å². The van der Waals surface area contributed by atoms with Crippen LogP contribution in [0.3, 0.4) is 0 Å². The number of anilines is 1.